The van der Waals surface area contributed by atoms with Gasteiger partial charge < -0.3 is 4.74 Å². The summed E-state index contributed by atoms with van der Waals surface area (Å²) in [5, 5.41) is 0.458. The summed E-state index contributed by atoms with van der Waals surface area (Å²) < 4.78 is 6.64. The van der Waals surface area contributed by atoms with Crippen molar-refractivity contribution in [1.82, 2.24) is 9.97 Å². The minimum Gasteiger partial charge on any atom is -0.370 e. The van der Waals surface area contributed by atoms with Gasteiger partial charge in [0.25, 0.3) is 0 Å². The maximum Gasteiger partial charge on any atom is 0.159 e. The summed E-state index contributed by atoms with van der Waals surface area (Å²) in [4.78, 5) is 9.10. The lowest BCUT2D eigenvalue weighted by molar-refractivity contribution is -0.0192. The second kappa shape index (κ2) is 7.19. The Morgan fingerprint density at radius 2 is 1.85 bits per heavy atom. The van der Waals surface area contributed by atoms with Crippen LogP contribution in [-0.4, -0.2) is 16.6 Å². The smallest absolute Gasteiger partial charge is 0.159 e. The molecular formula is C15H24BrClN2O. The molecule has 0 fully saturated rings. The topological polar surface area (TPSA) is 35.0 Å². The Hall–Kier alpha value is -0.190. The molecule has 0 aromatic carbocycles. The van der Waals surface area contributed by atoms with Gasteiger partial charge in [-0.25, -0.2) is 9.97 Å². The lowest BCUT2D eigenvalue weighted by Crippen LogP contribution is -2.24. The molecule has 20 heavy (non-hydrogen) atoms. The van der Waals surface area contributed by atoms with Crippen LogP contribution < -0.4 is 0 Å². The van der Waals surface area contributed by atoms with Gasteiger partial charge in [-0.1, -0.05) is 46.2 Å². The fraction of sp³-hybridized carbons (Fsp3) is 0.733. The minimum atomic E-state index is -0.163. The molecule has 1 atom stereocenters. The number of rotatable bonds is 5. The zero-order chi connectivity index (χ0) is 15.5. The lowest BCUT2D eigenvalue weighted by atomic mass is 9.88. The van der Waals surface area contributed by atoms with E-state index < -0.39 is 0 Å². The van der Waals surface area contributed by atoms with Crippen molar-refractivity contribution >= 4 is 27.5 Å². The molecule has 0 aliphatic carbocycles. The summed E-state index contributed by atoms with van der Waals surface area (Å²) in [5.41, 5.74) is 0.867. The fourth-order valence-electron chi connectivity index (χ4n) is 2.00. The zero-order valence-corrected chi connectivity index (χ0v) is 15.5. The van der Waals surface area contributed by atoms with E-state index >= 15 is 0 Å². The molecular weight excluding hydrogens is 340 g/mol. The van der Waals surface area contributed by atoms with Crippen molar-refractivity contribution in [2.24, 2.45) is 11.3 Å². The summed E-state index contributed by atoms with van der Waals surface area (Å²) >= 11 is 9.73. The van der Waals surface area contributed by atoms with Crippen LogP contribution in [0.4, 0.5) is 0 Å². The van der Waals surface area contributed by atoms with Gasteiger partial charge in [0.05, 0.1) is 10.2 Å². The van der Waals surface area contributed by atoms with Gasteiger partial charge >= 0.3 is 0 Å². The summed E-state index contributed by atoms with van der Waals surface area (Å²) in [7, 11) is 0. The quantitative estimate of drug-likeness (QED) is 0.673. The highest BCUT2D eigenvalue weighted by Crippen LogP contribution is 2.36. The highest BCUT2D eigenvalue weighted by atomic mass is 79.9. The SMILES string of the molecule is CCOC(c1nc(Cl)c(Br)c(CC(C)C)n1)C(C)(C)C. The molecule has 0 radical (unpaired) electrons. The van der Waals surface area contributed by atoms with Gasteiger partial charge in [-0.3, -0.25) is 0 Å². The average molecular weight is 364 g/mol. The van der Waals surface area contributed by atoms with Crippen LogP contribution in [0, 0.1) is 11.3 Å². The van der Waals surface area contributed by atoms with Crippen LogP contribution in [-0.2, 0) is 11.2 Å². The van der Waals surface area contributed by atoms with Crippen LogP contribution in [0.3, 0.4) is 0 Å². The summed E-state index contributed by atoms with van der Waals surface area (Å²) in [5.74, 6) is 1.17. The van der Waals surface area contributed by atoms with Gasteiger partial charge in [-0.2, -0.15) is 0 Å². The van der Waals surface area contributed by atoms with E-state index in [0.29, 0.717) is 23.5 Å². The Bertz CT molecular complexity index is 458. The van der Waals surface area contributed by atoms with Crippen LogP contribution in [0.2, 0.25) is 5.15 Å². The number of halogens is 2. The van der Waals surface area contributed by atoms with Gasteiger partial charge in [-0.05, 0) is 40.6 Å². The molecule has 0 aliphatic rings. The van der Waals surface area contributed by atoms with Crippen molar-refractivity contribution in [3.05, 3.63) is 21.1 Å². The number of hydrogen-bond donors (Lipinski definition) is 0. The molecule has 5 heteroatoms. The van der Waals surface area contributed by atoms with Gasteiger partial charge in [0, 0.05) is 6.61 Å². The molecule has 0 amide bonds. The second-order valence-electron chi connectivity index (χ2n) is 6.43. The lowest BCUT2D eigenvalue weighted by Gasteiger charge is -2.29. The van der Waals surface area contributed by atoms with Crippen LogP contribution in [0.25, 0.3) is 0 Å². The van der Waals surface area contributed by atoms with Crippen molar-refractivity contribution < 1.29 is 4.74 Å². The predicted octanol–water partition coefficient (Wildman–Crippen LogP) is 5.21. The maximum absolute atomic E-state index is 6.24. The van der Waals surface area contributed by atoms with E-state index in [0.717, 1.165) is 16.6 Å². The van der Waals surface area contributed by atoms with Crippen molar-refractivity contribution in [1.29, 1.82) is 0 Å². The minimum absolute atomic E-state index is 0.0811. The Kier molecular flexibility index (Phi) is 6.42. The first-order valence-electron chi connectivity index (χ1n) is 7.00. The summed E-state index contributed by atoms with van der Waals surface area (Å²) in [6, 6.07) is 0. The molecule has 1 rings (SSSR count). The molecule has 1 heterocycles. The number of aromatic nitrogens is 2. The van der Waals surface area contributed by atoms with Crippen LogP contribution in [0.15, 0.2) is 4.47 Å². The first-order chi connectivity index (χ1) is 9.16. The Labute approximate surface area is 135 Å². The van der Waals surface area contributed by atoms with E-state index in [2.05, 4.69) is 55.5 Å². The van der Waals surface area contributed by atoms with Crippen molar-refractivity contribution in [3.63, 3.8) is 0 Å². The van der Waals surface area contributed by atoms with Gasteiger partial charge in [-0.15, -0.1) is 0 Å². The van der Waals surface area contributed by atoms with Crippen LogP contribution in [0.5, 0.6) is 0 Å². The summed E-state index contributed by atoms with van der Waals surface area (Å²) in [6.07, 6.45) is 0.697. The van der Waals surface area contributed by atoms with E-state index in [-0.39, 0.29) is 11.5 Å². The Morgan fingerprint density at radius 1 is 1.25 bits per heavy atom. The van der Waals surface area contributed by atoms with Crippen LogP contribution in [0.1, 0.15) is 59.2 Å². The third-order valence-electron chi connectivity index (χ3n) is 2.85. The average Bonchev–Trinajstić information content (AvgIpc) is 2.29. The van der Waals surface area contributed by atoms with Crippen molar-refractivity contribution in [3.8, 4) is 0 Å². The standard InChI is InChI=1S/C15H24BrClN2O/c1-7-20-12(15(4,5)6)14-18-10(8-9(2)3)11(16)13(17)19-14/h9,12H,7-8H2,1-6H3. The zero-order valence-electron chi connectivity index (χ0n) is 13.1. The van der Waals surface area contributed by atoms with E-state index in [1.54, 1.807) is 0 Å². The maximum atomic E-state index is 6.24. The van der Waals surface area contributed by atoms with E-state index in [1.807, 2.05) is 6.92 Å². The molecule has 0 saturated heterocycles. The molecule has 0 saturated carbocycles. The molecule has 0 bridgehead atoms. The third kappa shape index (κ3) is 4.68. The number of ether oxygens (including phenoxy) is 1. The molecule has 114 valence electrons. The van der Waals surface area contributed by atoms with Gasteiger partial charge in [0.2, 0.25) is 0 Å². The molecule has 0 N–H and O–H groups in total. The van der Waals surface area contributed by atoms with E-state index in [1.165, 1.54) is 0 Å². The van der Waals surface area contributed by atoms with E-state index in [4.69, 9.17) is 21.3 Å². The largest absolute Gasteiger partial charge is 0.370 e. The monoisotopic (exact) mass is 362 g/mol. The van der Waals surface area contributed by atoms with Crippen LogP contribution >= 0.6 is 27.5 Å². The highest BCUT2D eigenvalue weighted by molar-refractivity contribution is 9.10. The molecule has 0 spiro atoms. The van der Waals surface area contributed by atoms with Crippen molar-refractivity contribution in [2.75, 3.05) is 6.61 Å². The Morgan fingerprint density at radius 3 is 2.30 bits per heavy atom. The first kappa shape index (κ1) is 17.9. The van der Waals surface area contributed by atoms with Crippen molar-refractivity contribution in [2.45, 2.75) is 54.1 Å². The number of nitrogens with zero attached hydrogens (tertiary/aromatic N) is 2. The molecule has 1 aromatic rings. The molecule has 1 unspecified atom stereocenters. The first-order valence-corrected chi connectivity index (χ1v) is 8.17. The predicted molar refractivity (Wildman–Crippen MR) is 87.1 cm³/mol. The molecule has 1 aromatic heterocycles. The number of hydrogen-bond acceptors (Lipinski definition) is 3. The Balaban J connectivity index is 3.26. The van der Waals surface area contributed by atoms with Gasteiger partial charge in [0.1, 0.15) is 11.3 Å². The summed E-state index contributed by atoms with van der Waals surface area (Å²) in [6.45, 7) is 13.3. The fourth-order valence-corrected chi connectivity index (χ4v) is 2.53. The molecule has 0 aliphatic heterocycles. The van der Waals surface area contributed by atoms with Gasteiger partial charge in [0.15, 0.2) is 5.82 Å². The molecule has 3 nitrogen and oxygen atoms in total. The third-order valence-corrected chi connectivity index (χ3v) is 4.19. The normalized spacial score (nSPS) is 13.8. The van der Waals surface area contributed by atoms with E-state index in [9.17, 15) is 0 Å². The highest BCUT2D eigenvalue weighted by Gasteiger charge is 2.30. The second-order valence-corrected chi connectivity index (χ2v) is 7.58.